The summed E-state index contributed by atoms with van der Waals surface area (Å²) >= 11 is 0. The summed E-state index contributed by atoms with van der Waals surface area (Å²) in [7, 11) is 0. The van der Waals surface area contributed by atoms with Gasteiger partial charge in [0, 0.05) is 13.1 Å². The molecule has 1 aromatic carbocycles. The Morgan fingerprint density at radius 2 is 1.81 bits per heavy atom. The Kier molecular flexibility index (Phi) is 8.44. The first-order valence-electron chi connectivity index (χ1n) is 7.23. The van der Waals surface area contributed by atoms with Crippen molar-refractivity contribution in [3.8, 4) is 5.75 Å². The lowest BCUT2D eigenvalue weighted by Crippen LogP contribution is -2.40. The van der Waals surface area contributed by atoms with E-state index in [4.69, 9.17) is 4.74 Å². The van der Waals surface area contributed by atoms with Crippen molar-refractivity contribution in [2.45, 2.75) is 13.8 Å². The van der Waals surface area contributed by atoms with Crippen LogP contribution in [0, 0.1) is 0 Å². The van der Waals surface area contributed by atoms with E-state index in [1.54, 1.807) is 0 Å². The molecule has 0 aromatic heterocycles. The van der Waals surface area contributed by atoms with E-state index in [9.17, 15) is 4.79 Å². The van der Waals surface area contributed by atoms with Gasteiger partial charge in [0.15, 0.2) is 5.96 Å². The molecule has 1 amide bonds. The van der Waals surface area contributed by atoms with Gasteiger partial charge < -0.3 is 20.7 Å². The molecule has 6 nitrogen and oxygen atoms in total. The number of carbonyl (C=O) groups is 1. The van der Waals surface area contributed by atoms with Crippen molar-refractivity contribution >= 4 is 11.9 Å². The van der Waals surface area contributed by atoms with Crippen LogP contribution in [0.15, 0.2) is 35.3 Å². The van der Waals surface area contributed by atoms with Crippen molar-refractivity contribution in [2.24, 2.45) is 4.99 Å². The Balaban J connectivity index is 2.30. The van der Waals surface area contributed by atoms with Gasteiger partial charge in [-0.2, -0.15) is 0 Å². The van der Waals surface area contributed by atoms with Gasteiger partial charge in [-0.1, -0.05) is 18.2 Å². The van der Waals surface area contributed by atoms with E-state index in [0.29, 0.717) is 25.7 Å². The van der Waals surface area contributed by atoms with Crippen LogP contribution in [0.4, 0.5) is 0 Å². The maximum absolute atomic E-state index is 11.4. The third-order valence-corrected chi connectivity index (χ3v) is 2.51. The van der Waals surface area contributed by atoms with Gasteiger partial charge >= 0.3 is 0 Å². The topological polar surface area (TPSA) is 74.8 Å². The monoisotopic (exact) mass is 292 g/mol. The molecule has 3 N–H and O–H groups in total. The second-order valence-corrected chi connectivity index (χ2v) is 4.24. The molecule has 0 aliphatic heterocycles. The number of guanidine groups is 1. The number of ether oxygens (including phenoxy) is 1. The number of hydrogen-bond donors (Lipinski definition) is 3. The minimum Gasteiger partial charge on any atom is -0.492 e. The Hall–Kier alpha value is -2.24. The zero-order valence-electron chi connectivity index (χ0n) is 12.7. The SMILES string of the molecule is CCNC(=O)CN=C(NCC)NCCOc1ccccc1. The zero-order valence-corrected chi connectivity index (χ0v) is 12.7. The summed E-state index contributed by atoms with van der Waals surface area (Å²) in [5, 5.41) is 8.91. The van der Waals surface area contributed by atoms with Gasteiger partial charge in [0.25, 0.3) is 0 Å². The fourth-order valence-electron chi connectivity index (χ4n) is 1.60. The highest BCUT2D eigenvalue weighted by Gasteiger charge is 2.00. The van der Waals surface area contributed by atoms with Gasteiger partial charge in [0.05, 0.1) is 6.54 Å². The number of benzene rings is 1. The van der Waals surface area contributed by atoms with Gasteiger partial charge in [-0.3, -0.25) is 4.79 Å². The van der Waals surface area contributed by atoms with E-state index in [1.165, 1.54) is 0 Å². The highest BCUT2D eigenvalue weighted by molar-refractivity contribution is 5.84. The summed E-state index contributed by atoms with van der Waals surface area (Å²) in [6, 6.07) is 9.63. The van der Waals surface area contributed by atoms with Crippen molar-refractivity contribution in [1.29, 1.82) is 0 Å². The Bertz CT molecular complexity index is 435. The molecular weight excluding hydrogens is 268 g/mol. The molecule has 0 unspecified atom stereocenters. The predicted octanol–water partition coefficient (Wildman–Crippen LogP) is 0.757. The van der Waals surface area contributed by atoms with Crippen LogP contribution < -0.4 is 20.7 Å². The average Bonchev–Trinajstić information content (AvgIpc) is 2.50. The molecule has 1 aromatic rings. The first-order valence-corrected chi connectivity index (χ1v) is 7.23. The summed E-state index contributed by atoms with van der Waals surface area (Å²) in [6.45, 7) is 6.45. The maximum atomic E-state index is 11.4. The van der Waals surface area contributed by atoms with Crippen LogP contribution in [0.5, 0.6) is 5.75 Å². The van der Waals surface area contributed by atoms with E-state index in [-0.39, 0.29) is 12.5 Å². The molecule has 0 saturated heterocycles. The third-order valence-electron chi connectivity index (χ3n) is 2.51. The molecule has 0 aliphatic rings. The summed E-state index contributed by atoms with van der Waals surface area (Å²) in [5.41, 5.74) is 0. The van der Waals surface area contributed by atoms with Gasteiger partial charge in [0.2, 0.25) is 5.91 Å². The summed E-state index contributed by atoms with van der Waals surface area (Å²) < 4.78 is 5.57. The largest absolute Gasteiger partial charge is 0.492 e. The molecule has 0 aliphatic carbocycles. The van der Waals surface area contributed by atoms with Crippen LogP contribution in [0.3, 0.4) is 0 Å². The van der Waals surface area contributed by atoms with Crippen molar-refractivity contribution < 1.29 is 9.53 Å². The minimum absolute atomic E-state index is 0.0877. The van der Waals surface area contributed by atoms with E-state index >= 15 is 0 Å². The highest BCUT2D eigenvalue weighted by Crippen LogP contribution is 2.07. The van der Waals surface area contributed by atoms with E-state index in [2.05, 4.69) is 20.9 Å². The minimum atomic E-state index is -0.0877. The van der Waals surface area contributed by atoms with Crippen molar-refractivity contribution in [1.82, 2.24) is 16.0 Å². The Morgan fingerprint density at radius 1 is 1.10 bits per heavy atom. The van der Waals surface area contributed by atoms with Crippen LogP contribution in [-0.2, 0) is 4.79 Å². The molecule has 0 spiro atoms. The van der Waals surface area contributed by atoms with Crippen LogP contribution >= 0.6 is 0 Å². The fourth-order valence-corrected chi connectivity index (χ4v) is 1.60. The number of nitrogens with zero attached hydrogens (tertiary/aromatic N) is 1. The van der Waals surface area contributed by atoms with E-state index in [1.807, 2.05) is 44.2 Å². The van der Waals surface area contributed by atoms with Crippen LogP contribution in [0.2, 0.25) is 0 Å². The maximum Gasteiger partial charge on any atom is 0.241 e. The molecule has 0 radical (unpaired) electrons. The number of likely N-dealkylation sites (N-methyl/N-ethyl adjacent to an activating group) is 1. The van der Waals surface area contributed by atoms with Crippen molar-refractivity contribution in [3.63, 3.8) is 0 Å². The molecule has 0 saturated carbocycles. The zero-order chi connectivity index (χ0) is 15.3. The summed E-state index contributed by atoms with van der Waals surface area (Å²) in [4.78, 5) is 15.6. The molecule has 21 heavy (non-hydrogen) atoms. The third kappa shape index (κ3) is 7.81. The molecule has 6 heteroatoms. The number of rotatable bonds is 8. The Labute approximate surface area is 126 Å². The van der Waals surface area contributed by atoms with E-state index < -0.39 is 0 Å². The van der Waals surface area contributed by atoms with Gasteiger partial charge in [-0.05, 0) is 26.0 Å². The number of carbonyl (C=O) groups excluding carboxylic acids is 1. The molecule has 1 rings (SSSR count). The lowest BCUT2D eigenvalue weighted by atomic mass is 10.3. The van der Waals surface area contributed by atoms with Crippen molar-refractivity contribution in [2.75, 3.05) is 32.8 Å². The lowest BCUT2D eigenvalue weighted by Gasteiger charge is -2.12. The first-order chi connectivity index (χ1) is 10.3. The predicted molar refractivity (Wildman–Crippen MR) is 84.6 cm³/mol. The van der Waals surface area contributed by atoms with Gasteiger partial charge in [0.1, 0.15) is 18.9 Å². The summed E-state index contributed by atoms with van der Waals surface area (Å²) in [5.74, 6) is 1.36. The van der Waals surface area contributed by atoms with Crippen molar-refractivity contribution in [3.05, 3.63) is 30.3 Å². The second kappa shape index (κ2) is 10.5. The lowest BCUT2D eigenvalue weighted by molar-refractivity contribution is -0.119. The smallest absolute Gasteiger partial charge is 0.241 e. The van der Waals surface area contributed by atoms with Gasteiger partial charge in [-0.25, -0.2) is 4.99 Å². The molecular formula is C15H24N4O2. The van der Waals surface area contributed by atoms with Crippen LogP contribution in [0.25, 0.3) is 0 Å². The number of nitrogens with one attached hydrogen (secondary N) is 3. The number of aliphatic imine (C=N–C) groups is 1. The van der Waals surface area contributed by atoms with E-state index in [0.717, 1.165) is 12.3 Å². The fraction of sp³-hybridized carbons (Fsp3) is 0.467. The molecule has 116 valence electrons. The average molecular weight is 292 g/mol. The van der Waals surface area contributed by atoms with Crippen LogP contribution in [0.1, 0.15) is 13.8 Å². The highest BCUT2D eigenvalue weighted by atomic mass is 16.5. The normalized spacial score (nSPS) is 10.9. The standard InChI is InChI=1S/C15H24N4O2/c1-3-16-14(20)12-19-15(17-4-2)18-10-11-21-13-8-6-5-7-9-13/h5-9H,3-4,10-12H2,1-2H3,(H,16,20)(H2,17,18,19). The summed E-state index contributed by atoms with van der Waals surface area (Å²) in [6.07, 6.45) is 0. The number of amides is 1. The quantitative estimate of drug-likeness (QED) is 0.376. The second-order valence-electron chi connectivity index (χ2n) is 4.24. The molecule has 0 fully saturated rings. The van der Waals surface area contributed by atoms with Gasteiger partial charge in [-0.15, -0.1) is 0 Å². The molecule has 0 bridgehead atoms. The van der Waals surface area contributed by atoms with Crippen LogP contribution in [-0.4, -0.2) is 44.7 Å². The number of hydrogen-bond acceptors (Lipinski definition) is 3. The Morgan fingerprint density at radius 3 is 2.48 bits per heavy atom. The molecule has 0 atom stereocenters. The molecule has 0 heterocycles. The number of para-hydroxylation sites is 1. The first kappa shape index (κ1) is 16.8.